The van der Waals surface area contributed by atoms with Crippen molar-refractivity contribution in [2.45, 2.75) is 110 Å². The van der Waals surface area contributed by atoms with Crippen LogP contribution in [0.2, 0.25) is 0 Å². The van der Waals surface area contributed by atoms with Gasteiger partial charge in [-0.3, -0.25) is 9.59 Å². The molecule has 2 fully saturated rings. The van der Waals surface area contributed by atoms with E-state index in [9.17, 15) is 14.4 Å². The zero-order valence-electron chi connectivity index (χ0n) is 24.5. The summed E-state index contributed by atoms with van der Waals surface area (Å²) in [5.74, 6) is -0.357. The van der Waals surface area contributed by atoms with Gasteiger partial charge in [0.15, 0.2) is 0 Å². The first-order chi connectivity index (χ1) is 19.2. The Morgan fingerprint density at radius 1 is 1.05 bits per heavy atom. The Balaban J connectivity index is 1.52. The van der Waals surface area contributed by atoms with Crippen LogP contribution in [-0.4, -0.2) is 36.4 Å². The SMILES string of the molecule is CCCCC[C@@H](/C=C/[C@@H]1[C@@H](C/C=C\CCCC(=O)OCc2ccccc2)[C@H]2C[C@@H]1OC(=O)O2)OC(=O)C(C)(C)C. The summed E-state index contributed by atoms with van der Waals surface area (Å²) in [4.78, 5) is 36.6. The molecule has 1 aliphatic carbocycles. The van der Waals surface area contributed by atoms with E-state index in [1.165, 1.54) is 0 Å². The molecular weight excluding hydrogens is 508 g/mol. The highest BCUT2D eigenvalue weighted by molar-refractivity contribution is 5.75. The molecule has 40 heavy (non-hydrogen) atoms. The third kappa shape index (κ3) is 10.1. The Hall–Kier alpha value is -3.09. The van der Waals surface area contributed by atoms with Gasteiger partial charge in [0.05, 0.1) is 5.41 Å². The van der Waals surface area contributed by atoms with E-state index in [2.05, 4.69) is 25.2 Å². The molecule has 1 aromatic carbocycles. The van der Waals surface area contributed by atoms with E-state index in [1.807, 2.05) is 57.2 Å². The Morgan fingerprint density at radius 3 is 2.52 bits per heavy atom. The van der Waals surface area contributed by atoms with Gasteiger partial charge in [0.25, 0.3) is 0 Å². The van der Waals surface area contributed by atoms with Crippen LogP contribution in [0.5, 0.6) is 0 Å². The van der Waals surface area contributed by atoms with Gasteiger partial charge < -0.3 is 18.9 Å². The fourth-order valence-electron chi connectivity index (χ4n) is 5.10. The molecule has 0 amide bonds. The molecule has 0 aromatic heterocycles. The molecule has 0 radical (unpaired) electrons. The van der Waals surface area contributed by atoms with Crippen molar-refractivity contribution in [3.63, 3.8) is 0 Å². The van der Waals surface area contributed by atoms with Crippen LogP contribution in [0.25, 0.3) is 0 Å². The second-order valence-electron chi connectivity index (χ2n) is 11.9. The van der Waals surface area contributed by atoms with Crippen LogP contribution >= 0.6 is 0 Å². The molecule has 0 spiro atoms. The molecule has 0 N–H and O–H groups in total. The Bertz CT molecular complexity index is 1010. The number of benzene rings is 1. The summed E-state index contributed by atoms with van der Waals surface area (Å²) in [7, 11) is 0. The maximum atomic E-state index is 12.6. The average molecular weight is 555 g/mol. The van der Waals surface area contributed by atoms with Gasteiger partial charge in [0.1, 0.15) is 24.9 Å². The van der Waals surface area contributed by atoms with Gasteiger partial charge in [0.2, 0.25) is 0 Å². The molecule has 7 nitrogen and oxygen atoms in total. The predicted octanol–water partition coefficient (Wildman–Crippen LogP) is 7.48. The van der Waals surface area contributed by atoms with E-state index in [-0.39, 0.29) is 42.1 Å². The Labute approximate surface area is 239 Å². The molecule has 1 aliphatic heterocycles. The van der Waals surface area contributed by atoms with Crippen LogP contribution in [0, 0.1) is 17.3 Å². The number of hydrogen-bond acceptors (Lipinski definition) is 7. The smallest absolute Gasteiger partial charge is 0.461 e. The van der Waals surface area contributed by atoms with Crippen LogP contribution in [0.3, 0.4) is 0 Å². The fourth-order valence-corrected chi connectivity index (χ4v) is 5.10. The molecule has 1 saturated carbocycles. The molecule has 0 unspecified atom stereocenters. The molecule has 1 aromatic rings. The summed E-state index contributed by atoms with van der Waals surface area (Å²) in [6.45, 7) is 8.01. The molecular formula is C33H46O7. The lowest BCUT2D eigenvalue weighted by atomic mass is 9.89. The fraction of sp³-hybridized carbons (Fsp3) is 0.606. The minimum absolute atomic E-state index is 0.0175. The van der Waals surface area contributed by atoms with E-state index in [1.54, 1.807) is 0 Å². The number of allylic oxidation sites excluding steroid dienone is 2. The van der Waals surface area contributed by atoms with Crippen molar-refractivity contribution in [1.82, 2.24) is 0 Å². The second-order valence-corrected chi connectivity index (χ2v) is 11.9. The molecule has 7 heteroatoms. The number of rotatable bonds is 15. The first-order valence-electron chi connectivity index (χ1n) is 14.8. The zero-order chi connectivity index (χ0) is 29.0. The maximum absolute atomic E-state index is 12.6. The summed E-state index contributed by atoms with van der Waals surface area (Å²) in [6.07, 6.45) is 14.0. The number of fused-ring (bicyclic) bond motifs is 2. The summed E-state index contributed by atoms with van der Waals surface area (Å²) >= 11 is 0. The molecule has 1 heterocycles. The van der Waals surface area contributed by atoms with Crippen molar-refractivity contribution in [1.29, 1.82) is 0 Å². The third-order valence-electron chi connectivity index (χ3n) is 7.44. The van der Waals surface area contributed by atoms with Crippen LogP contribution in [0.15, 0.2) is 54.6 Å². The number of carbonyl (C=O) groups is 3. The van der Waals surface area contributed by atoms with Gasteiger partial charge in [-0.15, -0.1) is 0 Å². The number of unbranched alkanes of at least 4 members (excludes halogenated alkanes) is 3. The van der Waals surface area contributed by atoms with E-state index < -0.39 is 11.6 Å². The van der Waals surface area contributed by atoms with Gasteiger partial charge in [-0.2, -0.15) is 0 Å². The standard InChI is InChI=1S/C33H46O7/c1-5-6-10-17-25(38-31(35)33(2,3)4)20-21-27-26(28-22-29(27)40-32(36)39-28)18-13-7-8-14-19-30(34)37-23-24-15-11-9-12-16-24/h7,9,11-13,15-16,20-21,25-29H,5-6,8,10,14,17-19,22-23H2,1-4H3/b13-7-,21-20+/t25-,26+,27+,28+,29-/m0/s1. The number of carbonyl (C=O) groups excluding carboxylic acids is 3. The maximum Gasteiger partial charge on any atom is 0.508 e. The van der Waals surface area contributed by atoms with Gasteiger partial charge >= 0.3 is 18.1 Å². The van der Waals surface area contributed by atoms with Crippen LogP contribution < -0.4 is 0 Å². The lowest BCUT2D eigenvalue weighted by Crippen LogP contribution is -2.28. The summed E-state index contributed by atoms with van der Waals surface area (Å²) < 4.78 is 22.2. The molecule has 5 atom stereocenters. The molecule has 2 bridgehead atoms. The van der Waals surface area contributed by atoms with E-state index in [0.717, 1.165) is 44.1 Å². The highest BCUT2D eigenvalue weighted by atomic mass is 16.7. The number of ether oxygens (including phenoxy) is 4. The first kappa shape index (κ1) is 31.4. The molecule has 3 rings (SSSR count). The van der Waals surface area contributed by atoms with Crippen molar-refractivity contribution in [3.8, 4) is 0 Å². The van der Waals surface area contributed by atoms with Crippen molar-refractivity contribution < 1.29 is 33.3 Å². The topological polar surface area (TPSA) is 88.1 Å². The van der Waals surface area contributed by atoms with Crippen molar-refractivity contribution in [2.24, 2.45) is 17.3 Å². The van der Waals surface area contributed by atoms with Gasteiger partial charge in [0, 0.05) is 24.7 Å². The minimum Gasteiger partial charge on any atom is -0.461 e. The van der Waals surface area contributed by atoms with Crippen molar-refractivity contribution in [3.05, 3.63) is 60.2 Å². The second kappa shape index (κ2) is 15.6. The number of esters is 2. The molecule has 2 aliphatic rings. The summed E-state index contributed by atoms with van der Waals surface area (Å²) in [6, 6.07) is 9.65. The average Bonchev–Trinajstić information content (AvgIpc) is 3.16. The van der Waals surface area contributed by atoms with E-state index >= 15 is 0 Å². The first-order valence-corrected chi connectivity index (χ1v) is 14.8. The van der Waals surface area contributed by atoms with Crippen molar-refractivity contribution in [2.75, 3.05) is 0 Å². The van der Waals surface area contributed by atoms with Gasteiger partial charge in [-0.05, 0) is 64.5 Å². The monoisotopic (exact) mass is 554 g/mol. The van der Waals surface area contributed by atoms with Gasteiger partial charge in [-0.25, -0.2) is 4.79 Å². The summed E-state index contributed by atoms with van der Waals surface area (Å²) in [5.41, 5.74) is 0.404. The highest BCUT2D eigenvalue weighted by Gasteiger charge is 2.49. The summed E-state index contributed by atoms with van der Waals surface area (Å²) in [5, 5.41) is 0. The number of hydrogen-bond donors (Lipinski definition) is 0. The predicted molar refractivity (Wildman–Crippen MR) is 153 cm³/mol. The molecule has 220 valence electrons. The van der Waals surface area contributed by atoms with Crippen LogP contribution in [0.4, 0.5) is 4.79 Å². The minimum atomic E-state index is -0.612. The van der Waals surface area contributed by atoms with Crippen LogP contribution in [-0.2, 0) is 35.1 Å². The largest absolute Gasteiger partial charge is 0.508 e. The van der Waals surface area contributed by atoms with E-state index in [0.29, 0.717) is 25.9 Å². The lowest BCUT2D eigenvalue weighted by molar-refractivity contribution is -0.156. The van der Waals surface area contributed by atoms with Crippen LogP contribution in [0.1, 0.15) is 91.0 Å². The quantitative estimate of drug-likeness (QED) is 0.0961. The van der Waals surface area contributed by atoms with Gasteiger partial charge in [-0.1, -0.05) is 68.3 Å². The Morgan fingerprint density at radius 2 is 1.80 bits per heavy atom. The Kier molecular flexibility index (Phi) is 12.3. The zero-order valence-corrected chi connectivity index (χ0v) is 24.5. The highest BCUT2D eigenvalue weighted by Crippen LogP contribution is 2.43. The molecule has 1 saturated heterocycles. The normalized spacial score (nSPS) is 23.1. The lowest BCUT2D eigenvalue weighted by Gasteiger charge is -2.23. The van der Waals surface area contributed by atoms with E-state index in [4.69, 9.17) is 18.9 Å². The third-order valence-corrected chi connectivity index (χ3v) is 7.44. The van der Waals surface area contributed by atoms with Crippen molar-refractivity contribution >= 4 is 18.1 Å².